The fourth-order valence-electron chi connectivity index (χ4n) is 4.14. The SMILES string of the molecule is Cc1ccccc1C(=O)N(CCc1ccccc1)CC(=O)Nc1cc(C(C)(C)C)nn1-c1ccccc1Cl. The van der Waals surface area contributed by atoms with Crippen molar-refractivity contribution in [1.82, 2.24) is 14.7 Å². The lowest BCUT2D eigenvalue weighted by Gasteiger charge is -2.23. The van der Waals surface area contributed by atoms with Crippen molar-refractivity contribution >= 4 is 29.2 Å². The maximum absolute atomic E-state index is 13.6. The minimum atomic E-state index is -0.311. The quantitative estimate of drug-likeness (QED) is 0.285. The van der Waals surface area contributed by atoms with E-state index in [1.165, 1.54) is 0 Å². The third kappa shape index (κ3) is 6.50. The number of hydrogen-bond donors (Lipinski definition) is 1. The number of nitrogens with one attached hydrogen (secondary N) is 1. The Balaban J connectivity index is 1.61. The van der Waals surface area contributed by atoms with E-state index in [1.807, 2.05) is 79.7 Å². The number of carbonyl (C=O) groups excluding carboxylic acids is 2. The zero-order chi connectivity index (χ0) is 27.3. The Bertz CT molecular complexity index is 1420. The van der Waals surface area contributed by atoms with Crippen LogP contribution in [-0.2, 0) is 16.6 Å². The van der Waals surface area contributed by atoms with Gasteiger partial charge < -0.3 is 10.2 Å². The Hall–Kier alpha value is -3.90. The smallest absolute Gasteiger partial charge is 0.254 e. The Labute approximate surface area is 229 Å². The van der Waals surface area contributed by atoms with Crippen molar-refractivity contribution in [3.8, 4) is 5.69 Å². The molecule has 0 atom stereocenters. The van der Waals surface area contributed by atoms with E-state index >= 15 is 0 Å². The molecule has 0 aliphatic heterocycles. The van der Waals surface area contributed by atoms with Gasteiger partial charge >= 0.3 is 0 Å². The fourth-order valence-corrected chi connectivity index (χ4v) is 4.36. The molecule has 1 aromatic heterocycles. The summed E-state index contributed by atoms with van der Waals surface area (Å²) in [6.07, 6.45) is 0.636. The molecule has 3 aromatic carbocycles. The summed E-state index contributed by atoms with van der Waals surface area (Å²) in [5.41, 5.74) is 3.79. The van der Waals surface area contributed by atoms with Crippen molar-refractivity contribution < 1.29 is 9.59 Å². The lowest BCUT2D eigenvalue weighted by atomic mass is 9.92. The highest BCUT2D eigenvalue weighted by Crippen LogP contribution is 2.29. The molecule has 6 nitrogen and oxygen atoms in total. The standard InChI is InChI=1S/C31H33ClN4O2/c1-22-12-8-9-15-24(22)30(38)35(19-18-23-13-6-5-7-14-23)21-29(37)33-28-20-27(31(2,3)4)34-36(28)26-17-11-10-16-25(26)32/h5-17,20H,18-19,21H2,1-4H3,(H,33,37). The summed E-state index contributed by atoms with van der Waals surface area (Å²) in [5.74, 6) is 0.0113. The van der Waals surface area contributed by atoms with Gasteiger partial charge in [-0.1, -0.05) is 93.0 Å². The summed E-state index contributed by atoms with van der Waals surface area (Å²) >= 11 is 6.47. The summed E-state index contributed by atoms with van der Waals surface area (Å²) in [5, 5.41) is 8.26. The minimum Gasteiger partial charge on any atom is -0.329 e. The largest absolute Gasteiger partial charge is 0.329 e. The maximum Gasteiger partial charge on any atom is 0.254 e. The first kappa shape index (κ1) is 27.1. The highest BCUT2D eigenvalue weighted by atomic mass is 35.5. The number of rotatable bonds is 8. The molecule has 0 unspecified atom stereocenters. The van der Waals surface area contributed by atoms with E-state index in [4.69, 9.17) is 16.7 Å². The van der Waals surface area contributed by atoms with E-state index < -0.39 is 0 Å². The maximum atomic E-state index is 13.6. The molecule has 38 heavy (non-hydrogen) atoms. The van der Waals surface area contributed by atoms with Crippen LogP contribution in [0, 0.1) is 6.92 Å². The molecule has 0 aliphatic rings. The van der Waals surface area contributed by atoms with Gasteiger partial charge in [-0.25, -0.2) is 4.68 Å². The number of para-hydroxylation sites is 1. The average Bonchev–Trinajstić information content (AvgIpc) is 3.31. The zero-order valence-electron chi connectivity index (χ0n) is 22.2. The predicted octanol–water partition coefficient (Wildman–Crippen LogP) is 6.46. The molecule has 4 aromatic rings. The summed E-state index contributed by atoms with van der Waals surface area (Å²) < 4.78 is 1.65. The monoisotopic (exact) mass is 528 g/mol. The second-order valence-electron chi connectivity index (χ2n) is 10.4. The lowest BCUT2D eigenvalue weighted by Crippen LogP contribution is -2.39. The van der Waals surface area contributed by atoms with Crippen LogP contribution in [0.15, 0.2) is 84.9 Å². The summed E-state index contributed by atoms with van der Waals surface area (Å²) in [6.45, 7) is 8.39. The lowest BCUT2D eigenvalue weighted by molar-refractivity contribution is -0.116. The molecular weight excluding hydrogens is 496 g/mol. The zero-order valence-corrected chi connectivity index (χ0v) is 23.0. The Kier molecular flexibility index (Phi) is 8.32. The molecule has 0 radical (unpaired) electrons. The van der Waals surface area contributed by atoms with Gasteiger partial charge in [0.05, 0.1) is 16.4 Å². The van der Waals surface area contributed by atoms with E-state index in [9.17, 15) is 9.59 Å². The van der Waals surface area contributed by atoms with Gasteiger partial charge in [0.1, 0.15) is 12.4 Å². The molecule has 0 aliphatic carbocycles. The first-order chi connectivity index (χ1) is 18.1. The van der Waals surface area contributed by atoms with Crippen LogP contribution < -0.4 is 5.32 Å². The highest BCUT2D eigenvalue weighted by molar-refractivity contribution is 6.32. The number of aromatic nitrogens is 2. The van der Waals surface area contributed by atoms with Gasteiger partial charge in [0.2, 0.25) is 5.91 Å². The van der Waals surface area contributed by atoms with Gasteiger partial charge in [-0.2, -0.15) is 5.10 Å². The molecule has 2 amide bonds. The fraction of sp³-hybridized carbons (Fsp3) is 0.258. The number of aryl methyl sites for hydroxylation is 1. The molecule has 0 spiro atoms. The molecule has 0 bridgehead atoms. The third-order valence-electron chi connectivity index (χ3n) is 6.34. The van der Waals surface area contributed by atoms with Crippen molar-refractivity contribution in [2.75, 3.05) is 18.4 Å². The minimum absolute atomic E-state index is 0.0987. The highest BCUT2D eigenvalue weighted by Gasteiger charge is 2.24. The van der Waals surface area contributed by atoms with Gasteiger partial charge in [-0.15, -0.1) is 0 Å². The van der Waals surface area contributed by atoms with Gasteiger partial charge in [-0.3, -0.25) is 9.59 Å². The van der Waals surface area contributed by atoms with E-state index in [2.05, 4.69) is 26.1 Å². The van der Waals surface area contributed by atoms with E-state index in [-0.39, 0.29) is 23.8 Å². The van der Waals surface area contributed by atoms with Crippen LogP contribution in [0.5, 0.6) is 0 Å². The van der Waals surface area contributed by atoms with Crippen molar-refractivity contribution in [2.45, 2.75) is 39.5 Å². The van der Waals surface area contributed by atoms with E-state index in [0.717, 1.165) is 16.8 Å². The first-order valence-corrected chi connectivity index (χ1v) is 13.1. The molecule has 0 fully saturated rings. The van der Waals surface area contributed by atoms with Crippen molar-refractivity contribution in [2.24, 2.45) is 0 Å². The van der Waals surface area contributed by atoms with Crippen LogP contribution in [0.2, 0.25) is 5.02 Å². The van der Waals surface area contributed by atoms with E-state index in [1.54, 1.807) is 21.7 Å². The number of nitrogens with zero attached hydrogens (tertiary/aromatic N) is 3. The van der Waals surface area contributed by atoms with Crippen molar-refractivity contribution in [1.29, 1.82) is 0 Å². The van der Waals surface area contributed by atoms with Gasteiger partial charge in [0, 0.05) is 23.6 Å². The second kappa shape index (κ2) is 11.7. The number of hydrogen-bond acceptors (Lipinski definition) is 3. The van der Waals surface area contributed by atoms with Crippen LogP contribution >= 0.6 is 11.6 Å². The number of carbonyl (C=O) groups is 2. The first-order valence-electron chi connectivity index (χ1n) is 12.7. The number of anilines is 1. The van der Waals surface area contributed by atoms with Crippen LogP contribution in [0.1, 0.15) is 48.0 Å². The van der Waals surface area contributed by atoms with Gasteiger partial charge in [0.25, 0.3) is 5.91 Å². The van der Waals surface area contributed by atoms with Crippen LogP contribution in [-0.4, -0.2) is 39.6 Å². The Morgan fingerprint density at radius 3 is 2.29 bits per heavy atom. The Morgan fingerprint density at radius 2 is 1.61 bits per heavy atom. The molecule has 0 saturated heterocycles. The Morgan fingerprint density at radius 1 is 0.947 bits per heavy atom. The van der Waals surface area contributed by atoms with Gasteiger partial charge in [0.15, 0.2) is 0 Å². The summed E-state index contributed by atoms with van der Waals surface area (Å²) in [7, 11) is 0. The molecule has 7 heteroatoms. The van der Waals surface area contributed by atoms with Gasteiger partial charge in [-0.05, 0) is 42.7 Å². The third-order valence-corrected chi connectivity index (χ3v) is 6.66. The summed E-state index contributed by atoms with van der Waals surface area (Å²) in [4.78, 5) is 28.6. The molecule has 196 valence electrons. The van der Waals surface area contributed by atoms with Crippen LogP contribution in [0.3, 0.4) is 0 Å². The molecule has 1 heterocycles. The summed E-state index contributed by atoms with van der Waals surface area (Å²) in [6, 6.07) is 26.6. The second-order valence-corrected chi connectivity index (χ2v) is 10.8. The number of halogens is 1. The van der Waals surface area contributed by atoms with Crippen molar-refractivity contribution in [3.05, 3.63) is 112 Å². The average molecular weight is 529 g/mol. The normalized spacial score (nSPS) is 11.3. The number of benzene rings is 3. The molecule has 0 saturated carbocycles. The van der Waals surface area contributed by atoms with E-state index in [0.29, 0.717) is 35.1 Å². The predicted molar refractivity (Wildman–Crippen MR) is 153 cm³/mol. The van der Waals surface area contributed by atoms with Crippen molar-refractivity contribution in [3.63, 3.8) is 0 Å². The van der Waals surface area contributed by atoms with Crippen LogP contribution in [0.25, 0.3) is 5.69 Å². The molecular formula is C31H33ClN4O2. The van der Waals surface area contributed by atoms with Crippen LogP contribution in [0.4, 0.5) is 5.82 Å². The topological polar surface area (TPSA) is 67.2 Å². The molecule has 4 rings (SSSR count). The molecule has 1 N–H and O–H groups in total. The number of amides is 2.